The van der Waals surface area contributed by atoms with Crippen LogP contribution in [0.5, 0.6) is 0 Å². The van der Waals surface area contributed by atoms with Gasteiger partial charge < -0.3 is 4.15 Å². The number of likely N-dealkylation sites (N-methyl/N-ethyl adjacent to an activating group) is 2. The van der Waals surface area contributed by atoms with Gasteiger partial charge in [0.15, 0.2) is 0 Å². The summed E-state index contributed by atoms with van der Waals surface area (Å²) < 4.78 is 4.00. The summed E-state index contributed by atoms with van der Waals surface area (Å²) in [5, 5.41) is 0. The van der Waals surface area contributed by atoms with Crippen molar-refractivity contribution in [1.29, 1.82) is 0 Å². The molecule has 0 saturated carbocycles. The van der Waals surface area contributed by atoms with Crippen molar-refractivity contribution < 1.29 is 4.15 Å². The van der Waals surface area contributed by atoms with Gasteiger partial charge in [-0.1, -0.05) is 0 Å². The minimum atomic E-state index is 0.0455. The second-order valence-electron chi connectivity index (χ2n) is 3.42. The topological polar surface area (TPSA) is 3.24 Å². The van der Waals surface area contributed by atoms with Crippen molar-refractivity contribution in [3.05, 3.63) is 0 Å². The first-order valence-corrected chi connectivity index (χ1v) is 5.52. The molecule has 60 valence electrons. The van der Waals surface area contributed by atoms with Gasteiger partial charge in [0.05, 0.1) is 19.6 Å². The fraction of sp³-hybridized carbons (Fsp3) is 1.00. The Kier molecular flexibility index (Phi) is 2.49. The van der Waals surface area contributed by atoms with Crippen LogP contribution >= 0.6 is 0 Å². The summed E-state index contributed by atoms with van der Waals surface area (Å²) in [5.74, 6) is 0. The van der Waals surface area contributed by atoms with Gasteiger partial charge in [-0.15, -0.1) is 0 Å². The first-order valence-electron chi connectivity index (χ1n) is 4.26. The van der Waals surface area contributed by atoms with Gasteiger partial charge in [-0.2, -0.15) is 0 Å². The molecular formula is C7H19N2Si+. The summed E-state index contributed by atoms with van der Waals surface area (Å²) in [6.45, 7) is 10.1. The van der Waals surface area contributed by atoms with Crippen molar-refractivity contribution in [3.8, 4) is 0 Å². The molecule has 0 N–H and O–H groups in total. The molecule has 0 radical (unpaired) electrons. The fourth-order valence-corrected chi connectivity index (χ4v) is 3.77. The number of quaternary nitrogens is 1. The van der Waals surface area contributed by atoms with Crippen LogP contribution in [0, 0.1) is 0 Å². The maximum absolute atomic E-state index is 2.56. The van der Waals surface area contributed by atoms with Crippen molar-refractivity contribution >= 4 is 9.84 Å². The normalized spacial score (nSPS) is 27.9. The van der Waals surface area contributed by atoms with Gasteiger partial charge in [0.25, 0.3) is 0 Å². The standard InChI is InChI=1S/C7H19N2Si/c1-4-9(5-2)7-6-8(3)10-9/h4-7,10H2,1-3H3/q+1. The van der Waals surface area contributed by atoms with Crippen molar-refractivity contribution in [2.45, 2.75) is 13.8 Å². The molecule has 3 heteroatoms. The van der Waals surface area contributed by atoms with Crippen molar-refractivity contribution in [3.63, 3.8) is 0 Å². The van der Waals surface area contributed by atoms with Gasteiger partial charge in [0.2, 0.25) is 0 Å². The van der Waals surface area contributed by atoms with E-state index in [9.17, 15) is 0 Å². The summed E-state index contributed by atoms with van der Waals surface area (Å²) in [6.07, 6.45) is 0. The predicted octanol–water partition coefficient (Wildman–Crippen LogP) is -0.213. The SMILES string of the molecule is CC[N+]1(CC)CCN(C)[SiH2]1. The second-order valence-corrected chi connectivity index (χ2v) is 6.12. The highest BCUT2D eigenvalue weighted by molar-refractivity contribution is 6.23. The molecule has 0 aromatic rings. The molecular weight excluding hydrogens is 140 g/mol. The van der Waals surface area contributed by atoms with Gasteiger partial charge >= 0.3 is 9.84 Å². The summed E-state index contributed by atoms with van der Waals surface area (Å²) in [7, 11) is 2.32. The Morgan fingerprint density at radius 3 is 2.20 bits per heavy atom. The summed E-state index contributed by atoms with van der Waals surface area (Å²) in [5.41, 5.74) is 0. The van der Waals surface area contributed by atoms with E-state index in [2.05, 4.69) is 25.5 Å². The van der Waals surface area contributed by atoms with E-state index in [0.29, 0.717) is 0 Å². The van der Waals surface area contributed by atoms with Crippen LogP contribution in [0.25, 0.3) is 0 Å². The number of nitrogens with zero attached hydrogens (tertiary/aromatic N) is 2. The van der Waals surface area contributed by atoms with E-state index in [1.165, 1.54) is 30.3 Å². The third kappa shape index (κ3) is 1.41. The zero-order valence-corrected chi connectivity index (χ0v) is 8.84. The van der Waals surface area contributed by atoms with E-state index in [-0.39, 0.29) is 9.84 Å². The Labute approximate surface area is 66.4 Å². The fourth-order valence-electron chi connectivity index (χ4n) is 1.78. The number of hydrogen-bond donors (Lipinski definition) is 0. The quantitative estimate of drug-likeness (QED) is 0.504. The maximum Gasteiger partial charge on any atom is 0.338 e. The van der Waals surface area contributed by atoms with Crippen LogP contribution in [0.3, 0.4) is 0 Å². The Bertz CT molecular complexity index is 112. The summed E-state index contributed by atoms with van der Waals surface area (Å²) >= 11 is 0. The lowest BCUT2D eigenvalue weighted by molar-refractivity contribution is -0.811. The highest BCUT2D eigenvalue weighted by Crippen LogP contribution is 2.11. The Morgan fingerprint density at radius 1 is 1.40 bits per heavy atom. The van der Waals surface area contributed by atoms with Crippen molar-refractivity contribution in [2.75, 3.05) is 33.2 Å². The molecule has 2 nitrogen and oxygen atoms in total. The van der Waals surface area contributed by atoms with E-state index in [0.717, 1.165) is 0 Å². The Hall–Kier alpha value is 0.137. The van der Waals surface area contributed by atoms with Gasteiger partial charge in [-0.3, -0.25) is 4.57 Å². The minimum absolute atomic E-state index is 0.0455. The summed E-state index contributed by atoms with van der Waals surface area (Å²) in [6, 6.07) is 0. The van der Waals surface area contributed by atoms with Gasteiger partial charge in [0.1, 0.15) is 0 Å². The predicted molar refractivity (Wildman–Crippen MR) is 47.4 cm³/mol. The van der Waals surface area contributed by atoms with Gasteiger partial charge in [-0.05, 0) is 20.9 Å². The molecule has 0 aromatic carbocycles. The lowest BCUT2D eigenvalue weighted by Crippen LogP contribution is -2.49. The monoisotopic (exact) mass is 159 g/mol. The molecule has 1 aliphatic rings. The molecule has 10 heavy (non-hydrogen) atoms. The minimum Gasteiger partial charge on any atom is -0.375 e. The molecule has 0 amide bonds. The van der Waals surface area contributed by atoms with Crippen LogP contribution < -0.4 is 0 Å². The van der Waals surface area contributed by atoms with Crippen LogP contribution in [-0.2, 0) is 0 Å². The van der Waals surface area contributed by atoms with Crippen molar-refractivity contribution in [2.24, 2.45) is 0 Å². The molecule has 0 atom stereocenters. The Morgan fingerprint density at radius 2 is 2.00 bits per heavy atom. The van der Waals surface area contributed by atoms with Crippen LogP contribution in [-0.4, -0.2) is 51.8 Å². The number of rotatable bonds is 2. The molecule has 0 unspecified atom stereocenters. The van der Waals surface area contributed by atoms with E-state index >= 15 is 0 Å². The largest absolute Gasteiger partial charge is 0.375 e. The van der Waals surface area contributed by atoms with Crippen LogP contribution in [0.2, 0.25) is 0 Å². The molecule has 0 spiro atoms. The molecule has 0 bridgehead atoms. The average molecular weight is 159 g/mol. The van der Waals surface area contributed by atoms with E-state index in [4.69, 9.17) is 0 Å². The van der Waals surface area contributed by atoms with Crippen LogP contribution in [0.15, 0.2) is 0 Å². The summed E-state index contributed by atoms with van der Waals surface area (Å²) in [4.78, 5) is 0. The maximum atomic E-state index is 2.56. The third-order valence-electron chi connectivity index (χ3n) is 2.84. The third-order valence-corrected chi connectivity index (χ3v) is 5.45. The van der Waals surface area contributed by atoms with Gasteiger partial charge in [-0.25, -0.2) is 0 Å². The lowest BCUT2D eigenvalue weighted by atomic mass is 10.5. The first kappa shape index (κ1) is 8.24. The molecule has 0 aromatic heterocycles. The van der Waals surface area contributed by atoms with E-state index in [1.807, 2.05) is 0 Å². The highest BCUT2D eigenvalue weighted by atomic mass is 28.2. The number of hydrogen-bond acceptors (Lipinski definition) is 1. The van der Waals surface area contributed by atoms with E-state index < -0.39 is 0 Å². The molecule has 1 aliphatic heterocycles. The van der Waals surface area contributed by atoms with Crippen LogP contribution in [0.4, 0.5) is 0 Å². The van der Waals surface area contributed by atoms with E-state index in [1.54, 1.807) is 0 Å². The smallest absolute Gasteiger partial charge is 0.338 e. The molecule has 1 heterocycles. The highest BCUT2D eigenvalue weighted by Gasteiger charge is 2.31. The average Bonchev–Trinajstić information content (AvgIpc) is 2.33. The molecule has 0 aliphatic carbocycles. The van der Waals surface area contributed by atoms with Gasteiger partial charge in [0, 0.05) is 6.54 Å². The first-order chi connectivity index (χ1) is 4.72. The zero-order chi connectivity index (χ0) is 7.61. The zero-order valence-electron chi connectivity index (χ0n) is 7.43. The Balaban J connectivity index is 2.51. The molecule has 1 fully saturated rings. The second kappa shape index (κ2) is 3.03. The van der Waals surface area contributed by atoms with Crippen LogP contribution in [0.1, 0.15) is 13.8 Å². The molecule has 1 rings (SSSR count). The molecule has 1 saturated heterocycles. The lowest BCUT2D eigenvalue weighted by Gasteiger charge is -2.32. The van der Waals surface area contributed by atoms with Crippen molar-refractivity contribution in [1.82, 2.24) is 4.57 Å².